The van der Waals surface area contributed by atoms with Crippen molar-refractivity contribution in [3.63, 3.8) is 0 Å². The van der Waals surface area contributed by atoms with Crippen LogP contribution < -0.4 is 35.2 Å². The molecular formula is C70H49BN4O3. The zero-order valence-corrected chi connectivity index (χ0v) is 42.4. The summed E-state index contributed by atoms with van der Waals surface area (Å²) in [4.78, 5) is 4.99. The first-order valence-corrected chi connectivity index (χ1v) is 25.7. The average Bonchev–Trinajstić information content (AvgIpc) is 1.21. The summed E-state index contributed by atoms with van der Waals surface area (Å²) in [6, 6.07) is 51.6. The van der Waals surface area contributed by atoms with Gasteiger partial charge in [-0.15, -0.1) is 0 Å². The molecule has 0 atom stereocenters. The first-order chi connectivity index (χ1) is 42.4. The van der Waals surface area contributed by atoms with E-state index in [2.05, 4.69) is 104 Å². The SMILES string of the molecule is [2H]c1c([2H])c([2H])c(-c2cccc(-c3c([2H])c([2H])c([2H])c([2H])c3[2H])c2-[n+]2[c-]n(-c3cccc(Oc4ccc5c6cc(-c7ccc8c9c7Oc7ccccc7B9c7ccccc7O8)ccc6n(-c6cc(C(C)(C)C)ccn6)c5c4)c3)c3ccccc32)c([2H])c1[2H]. The zero-order chi connectivity index (χ0) is 60.8. The number of hydrogen-bond acceptors (Lipinski definition) is 4. The summed E-state index contributed by atoms with van der Waals surface area (Å²) in [5, 5.41) is 1.97. The maximum absolute atomic E-state index is 9.11. The van der Waals surface area contributed by atoms with Crippen molar-refractivity contribution in [1.29, 1.82) is 0 Å². The van der Waals surface area contributed by atoms with Crippen LogP contribution in [0.1, 0.15) is 40.0 Å². The minimum absolute atomic E-state index is 0.0831. The van der Waals surface area contributed by atoms with Gasteiger partial charge in [0, 0.05) is 34.1 Å². The number of fused-ring (bicyclic) bond motifs is 8. The Hall–Kier alpha value is -9.92. The van der Waals surface area contributed by atoms with E-state index in [1.807, 2.05) is 91.1 Å². The minimum Gasteiger partial charge on any atom is -0.458 e. The van der Waals surface area contributed by atoms with Gasteiger partial charge in [0.15, 0.2) is 0 Å². The van der Waals surface area contributed by atoms with Crippen LogP contribution in [0.4, 0.5) is 0 Å². The molecule has 0 amide bonds. The van der Waals surface area contributed by atoms with Crippen LogP contribution in [0.25, 0.3) is 83.4 Å². The molecular weight excluding hydrogens is 956 g/mol. The van der Waals surface area contributed by atoms with Crippen molar-refractivity contribution in [2.75, 3.05) is 0 Å². The second-order valence-electron chi connectivity index (χ2n) is 20.5. The van der Waals surface area contributed by atoms with Gasteiger partial charge < -0.3 is 14.2 Å². The molecule has 8 heteroatoms. The van der Waals surface area contributed by atoms with Gasteiger partial charge in [-0.2, -0.15) is 0 Å². The van der Waals surface area contributed by atoms with Crippen LogP contribution in [0, 0.1) is 6.33 Å². The molecule has 2 aliphatic heterocycles. The lowest BCUT2D eigenvalue weighted by Gasteiger charge is -2.33. The van der Waals surface area contributed by atoms with Crippen LogP contribution in [-0.4, -0.2) is 20.8 Å². The largest absolute Gasteiger partial charge is 0.458 e. The van der Waals surface area contributed by atoms with Gasteiger partial charge in [0.05, 0.1) is 47.1 Å². The fourth-order valence-electron chi connectivity index (χ4n) is 11.3. The molecule has 0 saturated carbocycles. The molecule has 15 rings (SSSR count). The molecule has 0 spiro atoms. The summed E-state index contributed by atoms with van der Waals surface area (Å²) in [7, 11) is 0. The number of rotatable bonds is 8. The predicted molar refractivity (Wildman–Crippen MR) is 315 cm³/mol. The smallest absolute Gasteiger partial charge is 0.269 e. The summed E-state index contributed by atoms with van der Waals surface area (Å²) >= 11 is 0. The van der Waals surface area contributed by atoms with Gasteiger partial charge in [-0.3, -0.25) is 13.7 Å². The second-order valence-corrected chi connectivity index (χ2v) is 20.5. The zero-order valence-electron chi connectivity index (χ0n) is 52.4. The summed E-state index contributed by atoms with van der Waals surface area (Å²) < 4.78 is 114. The summed E-state index contributed by atoms with van der Waals surface area (Å²) in [6.07, 6.45) is 5.33. The highest BCUT2D eigenvalue weighted by Crippen LogP contribution is 2.44. The third-order valence-electron chi connectivity index (χ3n) is 14.9. The lowest BCUT2D eigenvalue weighted by Crippen LogP contribution is -2.57. The lowest BCUT2D eigenvalue weighted by atomic mass is 9.34. The summed E-state index contributed by atoms with van der Waals surface area (Å²) in [5.74, 6) is 4.93. The van der Waals surface area contributed by atoms with Crippen LogP contribution in [0.15, 0.2) is 243 Å². The highest BCUT2D eigenvalue weighted by atomic mass is 16.5. The molecule has 0 fully saturated rings. The molecule has 0 aliphatic carbocycles. The van der Waals surface area contributed by atoms with Crippen molar-refractivity contribution in [2.24, 2.45) is 0 Å². The van der Waals surface area contributed by atoms with Crippen LogP contribution >= 0.6 is 0 Å². The summed E-state index contributed by atoms with van der Waals surface area (Å²) in [5.41, 5.74) is 9.79. The fourth-order valence-corrected chi connectivity index (χ4v) is 11.3. The van der Waals surface area contributed by atoms with Crippen LogP contribution in [0.5, 0.6) is 34.5 Å². The van der Waals surface area contributed by atoms with Crippen LogP contribution in [-0.2, 0) is 5.41 Å². The molecule has 5 heterocycles. The molecule has 0 saturated heterocycles. The van der Waals surface area contributed by atoms with Crippen molar-refractivity contribution in [1.82, 2.24) is 14.1 Å². The molecule has 0 radical (unpaired) electrons. The highest BCUT2D eigenvalue weighted by molar-refractivity contribution is 6.98. The van der Waals surface area contributed by atoms with Crippen molar-refractivity contribution < 1.29 is 32.5 Å². The van der Waals surface area contributed by atoms with E-state index in [1.165, 1.54) is 0 Å². The molecule has 0 N–H and O–H groups in total. The molecule has 7 nitrogen and oxygen atoms in total. The number of benzene rings is 10. The lowest BCUT2D eigenvalue weighted by molar-refractivity contribution is -0.571. The van der Waals surface area contributed by atoms with E-state index >= 15 is 0 Å². The first kappa shape index (κ1) is 36.1. The quantitative estimate of drug-likeness (QED) is 0.0865. The van der Waals surface area contributed by atoms with Gasteiger partial charge in [-0.05, 0) is 129 Å². The monoisotopic (exact) mass is 1010 g/mol. The minimum atomic E-state index is -0.575. The number of nitrogens with zero attached hydrogens (tertiary/aromatic N) is 4. The molecule has 13 aromatic rings. The number of para-hydroxylation sites is 5. The first-order valence-electron chi connectivity index (χ1n) is 30.7. The van der Waals surface area contributed by atoms with E-state index in [0.717, 1.165) is 83.7 Å². The molecule has 2 aliphatic rings. The Labute approximate surface area is 466 Å². The van der Waals surface area contributed by atoms with Crippen molar-refractivity contribution in [3.8, 4) is 85.1 Å². The van der Waals surface area contributed by atoms with E-state index in [1.54, 1.807) is 27.3 Å². The van der Waals surface area contributed by atoms with Gasteiger partial charge in [0.1, 0.15) is 40.3 Å². The Morgan fingerprint density at radius 3 is 2.00 bits per heavy atom. The Morgan fingerprint density at radius 2 is 1.24 bits per heavy atom. The highest BCUT2D eigenvalue weighted by Gasteiger charge is 2.41. The maximum atomic E-state index is 9.11. The number of ether oxygens (including phenoxy) is 3. The van der Waals surface area contributed by atoms with Gasteiger partial charge in [0.25, 0.3) is 13.0 Å². The summed E-state index contributed by atoms with van der Waals surface area (Å²) in [6.45, 7) is 6.47. The Morgan fingerprint density at radius 1 is 0.551 bits per heavy atom. The van der Waals surface area contributed by atoms with Crippen molar-refractivity contribution in [3.05, 3.63) is 254 Å². The molecule has 0 bridgehead atoms. The van der Waals surface area contributed by atoms with Crippen LogP contribution in [0.3, 0.4) is 0 Å². The second kappa shape index (κ2) is 17.9. The molecule has 370 valence electrons. The van der Waals surface area contributed by atoms with Gasteiger partial charge >= 0.3 is 0 Å². The van der Waals surface area contributed by atoms with Crippen LogP contribution in [0.2, 0.25) is 0 Å². The van der Waals surface area contributed by atoms with Gasteiger partial charge in [-0.1, -0.05) is 172 Å². The predicted octanol–water partition coefficient (Wildman–Crippen LogP) is 15.0. The van der Waals surface area contributed by atoms with E-state index < -0.39 is 60.4 Å². The average molecular weight is 1020 g/mol. The Bertz CT molecular complexity index is 5020. The van der Waals surface area contributed by atoms with E-state index in [0.29, 0.717) is 28.2 Å². The number of pyridine rings is 1. The van der Waals surface area contributed by atoms with E-state index in [9.17, 15) is 0 Å². The fraction of sp³-hybridized carbons (Fsp3) is 0.0571. The number of aromatic nitrogens is 4. The molecule has 10 aromatic carbocycles. The topological polar surface area (TPSA) is 54.3 Å². The third kappa shape index (κ3) is 7.43. The third-order valence-corrected chi connectivity index (χ3v) is 14.9. The maximum Gasteiger partial charge on any atom is 0.269 e. The Balaban J connectivity index is 0.865. The van der Waals surface area contributed by atoms with Gasteiger partial charge in [0.2, 0.25) is 0 Å². The van der Waals surface area contributed by atoms with Crippen molar-refractivity contribution in [2.45, 2.75) is 26.2 Å². The number of imidazole rings is 1. The van der Waals surface area contributed by atoms with E-state index in [-0.39, 0.29) is 40.1 Å². The molecule has 3 aromatic heterocycles. The molecule has 78 heavy (non-hydrogen) atoms. The molecule has 0 unspecified atom stereocenters. The number of hydrogen-bond donors (Lipinski definition) is 0. The van der Waals surface area contributed by atoms with E-state index in [4.69, 9.17) is 32.9 Å². The standard InChI is InChI=1S/C70H49BN4O3/c1-70(2,3)48-38-39-72-66(41-48)75-59-36-32-47(54-35-37-65-67-69(54)78-64-31-15-11-27-58(64)71(67)57-26-10-14-30-63(57)77-65)40-56(59)55-34-33-51(43-62(55)75)76-50-23-16-22-49(42-50)73-44-74(61-29-13-12-28-60(61)73)68-52(45-18-6-4-7-19-45)24-17-25-53(68)46-20-8-5-9-21-46/h4-43H,1-3H3/i4D,5D,6D,7D,8D,9D,18D,19D,20D,21D. The van der Waals surface area contributed by atoms with Gasteiger partial charge in [-0.25, -0.2) is 4.98 Å². The Kier molecular flexibility index (Phi) is 8.27. The van der Waals surface area contributed by atoms with Crippen molar-refractivity contribution >= 4 is 55.9 Å². The normalized spacial score (nSPS) is 14.3.